The molecule has 0 spiro atoms. The van der Waals surface area contributed by atoms with Crippen molar-refractivity contribution in [1.29, 1.82) is 0 Å². The van der Waals surface area contributed by atoms with Crippen LogP contribution in [0.1, 0.15) is 38.1 Å². The summed E-state index contributed by atoms with van der Waals surface area (Å²) in [5.41, 5.74) is 5.08. The molecule has 5 heteroatoms. The van der Waals surface area contributed by atoms with Crippen LogP contribution in [0, 0.1) is 0 Å². The van der Waals surface area contributed by atoms with E-state index in [-0.39, 0.29) is 0 Å². The predicted molar refractivity (Wildman–Crippen MR) is 145 cm³/mol. The summed E-state index contributed by atoms with van der Waals surface area (Å²) in [4.78, 5) is 3.70. The van der Waals surface area contributed by atoms with Crippen LogP contribution >= 0.6 is 34.7 Å². The SMILES string of the molecule is CCN1/C(=C/C=C2\CCCC(/C=C/c3sc4ccccc4[n+]3CC)=C2Cl)Sc2ccccc21. The third kappa shape index (κ3) is 4.44. The molecule has 0 atom stereocenters. The molecule has 2 nitrogen and oxygen atoms in total. The van der Waals surface area contributed by atoms with Gasteiger partial charge in [-0.25, -0.2) is 0 Å². The molecule has 168 valence electrons. The molecule has 1 aliphatic carbocycles. The van der Waals surface area contributed by atoms with E-state index in [1.54, 1.807) is 0 Å². The summed E-state index contributed by atoms with van der Waals surface area (Å²) in [5.74, 6) is 0. The lowest BCUT2D eigenvalue weighted by Crippen LogP contribution is -2.33. The van der Waals surface area contributed by atoms with Crippen LogP contribution in [0.3, 0.4) is 0 Å². The largest absolute Gasteiger partial charge is 0.335 e. The lowest BCUT2D eigenvalue weighted by atomic mass is 9.94. The Hall–Kier alpha value is -2.27. The Morgan fingerprint density at radius 1 is 1.00 bits per heavy atom. The Balaban J connectivity index is 1.42. The molecular formula is C28H28ClN2S2+. The average Bonchev–Trinajstić information content (AvgIpc) is 3.39. The van der Waals surface area contributed by atoms with E-state index in [0.717, 1.165) is 37.4 Å². The lowest BCUT2D eigenvalue weighted by molar-refractivity contribution is -0.665. The van der Waals surface area contributed by atoms with E-state index >= 15 is 0 Å². The Bertz CT molecular complexity index is 1310. The van der Waals surface area contributed by atoms with Crippen LogP contribution in [0.15, 0.2) is 92.9 Å². The molecule has 2 aliphatic rings. The number of anilines is 1. The molecule has 5 rings (SSSR count). The maximum absolute atomic E-state index is 6.92. The van der Waals surface area contributed by atoms with Crippen LogP contribution in [-0.4, -0.2) is 6.54 Å². The Morgan fingerprint density at radius 3 is 2.67 bits per heavy atom. The molecule has 0 bridgehead atoms. The third-order valence-electron chi connectivity index (χ3n) is 6.22. The van der Waals surface area contributed by atoms with Gasteiger partial charge < -0.3 is 4.90 Å². The molecule has 0 unspecified atom stereocenters. The number of fused-ring (bicyclic) bond motifs is 2. The van der Waals surface area contributed by atoms with Crippen molar-refractivity contribution in [3.8, 4) is 0 Å². The molecule has 0 saturated heterocycles. The summed E-state index contributed by atoms with van der Waals surface area (Å²) in [6.45, 7) is 6.33. The first-order valence-electron chi connectivity index (χ1n) is 11.6. The smallest absolute Gasteiger partial charge is 0.262 e. The number of allylic oxidation sites excluding steroid dienone is 6. The van der Waals surface area contributed by atoms with E-state index in [4.69, 9.17) is 11.6 Å². The van der Waals surface area contributed by atoms with E-state index in [9.17, 15) is 0 Å². The van der Waals surface area contributed by atoms with E-state index < -0.39 is 0 Å². The minimum atomic E-state index is 0.919. The summed E-state index contributed by atoms with van der Waals surface area (Å²) >= 11 is 10.6. The number of benzene rings is 2. The number of thioether (sulfide) groups is 1. The molecule has 0 N–H and O–H groups in total. The minimum Gasteiger partial charge on any atom is -0.335 e. The molecule has 33 heavy (non-hydrogen) atoms. The highest BCUT2D eigenvalue weighted by atomic mass is 35.5. The topological polar surface area (TPSA) is 7.12 Å². The lowest BCUT2D eigenvalue weighted by Gasteiger charge is -2.19. The molecule has 2 heterocycles. The molecule has 1 aliphatic heterocycles. The van der Waals surface area contributed by atoms with Gasteiger partial charge in [-0.3, -0.25) is 0 Å². The highest BCUT2D eigenvalue weighted by molar-refractivity contribution is 8.03. The highest BCUT2D eigenvalue weighted by Crippen LogP contribution is 2.45. The number of halogens is 1. The molecule has 1 aromatic heterocycles. The zero-order valence-corrected chi connectivity index (χ0v) is 21.4. The van der Waals surface area contributed by atoms with E-state index in [2.05, 4.69) is 96.1 Å². The summed E-state index contributed by atoms with van der Waals surface area (Å²) in [5, 5.41) is 3.46. The van der Waals surface area contributed by atoms with Crippen molar-refractivity contribution in [3.63, 3.8) is 0 Å². The van der Waals surface area contributed by atoms with Gasteiger partial charge in [-0.15, -0.1) is 0 Å². The second-order valence-electron chi connectivity index (χ2n) is 8.19. The number of hydrogen-bond donors (Lipinski definition) is 0. The number of aromatic nitrogens is 1. The Kier molecular flexibility index (Phi) is 6.77. The highest BCUT2D eigenvalue weighted by Gasteiger charge is 2.23. The second kappa shape index (κ2) is 9.92. The number of aryl methyl sites for hydroxylation is 1. The maximum Gasteiger partial charge on any atom is 0.262 e. The van der Waals surface area contributed by atoms with E-state index in [0.29, 0.717) is 0 Å². The molecule has 3 aromatic rings. The Morgan fingerprint density at radius 2 is 1.82 bits per heavy atom. The van der Waals surface area contributed by atoms with Gasteiger partial charge in [0.05, 0.1) is 10.7 Å². The van der Waals surface area contributed by atoms with Crippen LogP contribution in [-0.2, 0) is 6.54 Å². The van der Waals surface area contributed by atoms with Crippen LogP contribution in [0.5, 0.6) is 0 Å². The van der Waals surface area contributed by atoms with Crippen LogP contribution in [0.25, 0.3) is 16.3 Å². The van der Waals surface area contributed by atoms with Gasteiger partial charge in [0.1, 0.15) is 11.2 Å². The van der Waals surface area contributed by atoms with Gasteiger partial charge in [-0.2, -0.15) is 4.57 Å². The van der Waals surface area contributed by atoms with E-state index in [1.807, 2.05) is 23.1 Å². The fourth-order valence-corrected chi connectivity index (χ4v) is 7.13. The number of rotatable bonds is 5. The zero-order chi connectivity index (χ0) is 22.8. The summed E-state index contributed by atoms with van der Waals surface area (Å²) in [7, 11) is 0. The monoisotopic (exact) mass is 491 g/mol. The number of hydrogen-bond acceptors (Lipinski definition) is 3. The quantitative estimate of drug-likeness (QED) is 0.331. The molecule has 0 amide bonds. The second-order valence-corrected chi connectivity index (χ2v) is 10.7. The van der Waals surface area contributed by atoms with Crippen molar-refractivity contribution in [2.45, 2.75) is 44.6 Å². The minimum absolute atomic E-state index is 0.919. The standard InChI is InChI=1S/C28H28ClN2S2/c1-3-30-22-12-5-7-14-24(22)32-26(30)18-16-20-10-9-11-21(28(20)29)17-19-27-31(4-2)23-13-6-8-15-25(23)33-27/h5-8,12-19H,3-4,9-11H2,1-2H3/q+1. The van der Waals surface area contributed by atoms with Crippen molar-refractivity contribution in [1.82, 2.24) is 0 Å². The maximum atomic E-state index is 6.92. The van der Waals surface area contributed by atoms with Crippen molar-refractivity contribution < 1.29 is 4.57 Å². The first-order valence-corrected chi connectivity index (χ1v) is 13.6. The Labute approximate surface area is 209 Å². The summed E-state index contributed by atoms with van der Waals surface area (Å²) < 4.78 is 3.70. The van der Waals surface area contributed by atoms with Crippen molar-refractivity contribution >= 4 is 56.7 Å². The van der Waals surface area contributed by atoms with Crippen LogP contribution in [0.2, 0.25) is 0 Å². The fraction of sp³-hybridized carbons (Fsp3) is 0.250. The van der Waals surface area contributed by atoms with Crippen molar-refractivity contribution in [2.24, 2.45) is 0 Å². The first-order chi connectivity index (χ1) is 16.2. The van der Waals surface area contributed by atoms with Gasteiger partial charge in [0.25, 0.3) is 5.01 Å². The zero-order valence-electron chi connectivity index (χ0n) is 19.1. The summed E-state index contributed by atoms with van der Waals surface area (Å²) in [6.07, 6.45) is 12.2. The molecule has 0 radical (unpaired) electrons. The number of thiazole rings is 1. The number of para-hydroxylation sites is 2. The predicted octanol–water partition coefficient (Wildman–Crippen LogP) is 8.30. The summed E-state index contributed by atoms with van der Waals surface area (Å²) in [6, 6.07) is 17.2. The molecule has 0 saturated carbocycles. The average molecular weight is 492 g/mol. The van der Waals surface area contributed by atoms with Gasteiger partial charge >= 0.3 is 0 Å². The third-order valence-corrected chi connectivity index (χ3v) is 8.96. The van der Waals surface area contributed by atoms with Gasteiger partial charge in [-0.05, 0) is 68.5 Å². The normalized spacial score (nSPS) is 18.9. The molecule has 2 aromatic carbocycles. The van der Waals surface area contributed by atoms with Crippen molar-refractivity contribution in [3.05, 3.63) is 93.0 Å². The van der Waals surface area contributed by atoms with Gasteiger partial charge in [0.15, 0.2) is 0 Å². The molecule has 0 fully saturated rings. The fourth-order valence-electron chi connectivity index (χ4n) is 4.56. The number of nitrogens with zero attached hydrogens (tertiary/aromatic N) is 2. The molecular weight excluding hydrogens is 464 g/mol. The first kappa shape index (κ1) is 22.5. The van der Waals surface area contributed by atoms with Gasteiger partial charge in [0, 0.05) is 28.6 Å². The van der Waals surface area contributed by atoms with Crippen LogP contribution in [0.4, 0.5) is 5.69 Å². The van der Waals surface area contributed by atoms with Gasteiger partial charge in [0.2, 0.25) is 5.52 Å². The van der Waals surface area contributed by atoms with E-state index in [1.165, 1.54) is 42.0 Å². The van der Waals surface area contributed by atoms with Gasteiger partial charge in [-0.1, -0.05) is 71.1 Å². The van der Waals surface area contributed by atoms with Crippen LogP contribution < -0.4 is 9.47 Å². The van der Waals surface area contributed by atoms with Crippen molar-refractivity contribution in [2.75, 3.05) is 11.4 Å².